The Hall–Kier alpha value is -1.36. The average molecular weight is 350 g/mol. The van der Waals surface area contributed by atoms with Crippen LogP contribution in [-0.2, 0) is 17.4 Å². The highest BCUT2D eigenvalue weighted by atomic mass is 35.5. The van der Waals surface area contributed by atoms with Crippen molar-refractivity contribution in [1.82, 2.24) is 5.32 Å². The third-order valence-electron chi connectivity index (χ3n) is 3.94. The van der Waals surface area contributed by atoms with E-state index in [1.165, 1.54) is 0 Å². The number of nitrogens with one attached hydrogen (secondary N) is 1. The van der Waals surface area contributed by atoms with Gasteiger partial charge in [-0.05, 0) is 67.9 Å². The van der Waals surface area contributed by atoms with Crippen molar-refractivity contribution in [3.63, 3.8) is 0 Å². The molecule has 1 heterocycles. The molecular weight excluding hydrogens is 330 g/mol. The molecule has 1 atom stereocenters. The summed E-state index contributed by atoms with van der Waals surface area (Å²) in [6, 6.07) is 15.2. The van der Waals surface area contributed by atoms with Crippen molar-refractivity contribution in [2.45, 2.75) is 29.6 Å². The van der Waals surface area contributed by atoms with Crippen molar-refractivity contribution in [3.05, 3.63) is 59.1 Å². The van der Waals surface area contributed by atoms with Crippen LogP contribution in [0.1, 0.15) is 18.4 Å². The van der Waals surface area contributed by atoms with Crippen LogP contribution >= 0.6 is 11.6 Å². The molecule has 0 aromatic heterocycles. The molecule has 1 fully saturated rings. The molecule has 0 radical (unpaired) electrons. The van der Waals surface area contributed by atoms with E-state index in [1.807, 2.05) is 48.5 Å². The van der Waals surface area contributed by atoms with Gasteiger partial charge in [0.2, 0.25) is 0 Å². The highest BCUT2D eigenvalue weighted by Crippen LogP contribution is 2.22. The Labute approximate surface area is 144 Å². The Kier molecular flexibility index (Phi) is 5.70. The maximum absolute atomic E-state index is 12.6. The predicted octanol–water partition coefficient (Wildman–Crippen LogP) is 3.78. The average Bonchev–Trinajstić information content (AvgIpc) is 2.61. The molecule has 0 saturated carbocycles. The zero-order valence-electron chi connectivity index (χ0n) is 12.8. The Balaban J connectivity index is 1.59. The second-order valence-corrected chi connectivity index (χ2v) is 7.81. The Morgan fingerprint density at radius 1 is 1.13 bits per heavy atom. The number of hydrogen-bond donors (Lipinski definition) is 1. The summed E-state index contributed by atoms with van der Waals surface area (Å²) in [6.07, 6.45) is 1.94. The van der Waals surface area contributed by atoms with Crippen LogP contribution in [0.4, 0.5) is 0 Å². The van der Waals surface area contributed by atoms with E-state index in [4.69, 9.17) is 16.3 Å². The van der Waals surface area contributed by atoms with Crippen molar-refractivity contribution >= 4 is 22.4 Å². The number of rotatable bonds is 5. The first kappa shape index (κ1) is 16.5. The monoisotopic (exact) mass is 349 g/mol. The number of piperidine rings is 1. The Morgan fingerprint density at radius 3 is 2.57 bits per heavy atom. The van der Waals surface area contributed by atoms with Gasteiger partial charge < -0.3 is 10.1 Å². The summed E-state index contributed by atoms with van der Waals surface area (Å²) in [4.78, 5) is 0.881. The molecule has 1 aliphatic heterocycles. The van der Waals surface area contributed by atoms with Crippen molar-refractivity contribution < 1.29 is 8.95 Å². The van der Waals surface area contributed by atoms with E-state index in [1.54, 1.807) is 0 Å². The molecule has 1 unspecified atom stereocenters. The van der Waals surface area contributed by atoms with Gasteiger partial charge in [-0.1, -0.05) is 23.7 Å². The number of benzene rings is 2. The first-order valence-electron chi connectivity index (χ1n) is 7.81. The fourth-order valence-corrected chi connectivity index (χ4v) is 4.33. The zero-order valence-corrected chi connectivity index (χ0v) is 14.4. The lowest BCUT2D eigenvalue weighted by atomic mass is 10.2. The van der Waals surface area contributed by atoms with Crippen LogP contribution in [0.15, 0.2) is 53.4 Å². The van der Waals surface area contributed by atoms with Gasteiger partial charge >= 0.3 is 0 Å². The minimum Gasteiger partial charge on any atom is -0.489 e. The Bertz CT molecular complexity index is 669. The van der Waals surface area contributed by atoms with Crippen LogP contribution in [0, 0.1) is 0 Å². The second kappa shape index (κ2) is 7.95. The molecule has 23 heavy (non-hydrogen) atoms. The molecular formula is C18H20ClNO2S. The van der Waals surface area contributed by atoms with Crippen LogP contribution < -0.4 is 10.1 Å². The summed E-state index contributed by atoms with van der Waals surface area (Å²) in [5, 5.41) is 4.27. The maximum Gasteiger partial charge on any atom is 0.119 e. The van der Waals surface area contributed by atoms with Crippen LogP contribution in [0.2, 0.25) is 5.02 Å². The molecule has 0 aliphatic carbocycles. The molecule has 3 nitrogen and oxygen atoms in total. The van der Waals surface area contributed by atoms with Crippen molar-refractivity contribution in [1.29, 1.82) is 0 Å². The van der Waals surface area contributed by atoms with Gasteiger partial charge in [0, 0.05) is 15.2 Å². The fourth-order valence-electron chi connectivity index (χ4n) is 2.67. The molecule has 2 aromatic carbocycles. The molecule has 5 heteroatoms. The van der Waals surface area contributed by atoms with E-state index in [9.17, 15) is 4.21 Å². The van der Waals surface area contributed by atoms with Crippen molar-refractivity contribution in [3.8, 4) is 5.75 Å². The van der Waals surface area contributed by atoms with E-state index in [-0.39, 0.29) is 5.25 Å². The summed E-state index contributed by atoms with van der Waals surface area (Å²) in [5.74, 6) is 0.774. The minimum absolute atomic E-state index is 0.259. The molecule has 1 saturated heterocycles. The van der Waals surface area contributed by atoms with Gasteiger partial charge in [0.1, 0.15) is 12.4 Å². The van der Waals surface area contributed by atoms with Gasteiger partial charge in [-0.3, -0.25) is 4.21 Å². The minimum atomic E-state index is -0.934. The van der Waals surface area contributed by atoms with E-state index < -0.39 is 10.8 Å². The number of ether oxygens (including phenoxy) is 1. The highest BCUT2D eigenvalue weighted by Gasteiger charge is 2.20. The molecule has 1 aliphatic rings. The van der Waals surface area contributed by atoms with E-state index in [2.05, 4.69) is 5.32 Å². The SMILES string of the molecule is O=S(c1ccc(OCc2cccc(Cl)c2)cc1)C1CCNCC1. The molecule has 122 valence electrons. The lowest BCUT2D eigenvalue weighted by Crippen LogP contribution is -2.33. The highest BCUT2D eigenvalue weighted by molar-refractivity contribution is 7.85. The molecule has 0 bridgehead atoms. The summed E-state index contributed by atoms with van der Waals surface area (Å²) in [5.41, 5.74) is 1.03. The zero-order chi connectivity index (χ0) is 16.1. The van der Waals surface area contributed by atoms with Crippen LogP contribution in [0.3, 0.4) is 0 Å². The van der Waals surface area contributed by atoms with Crippen LogP contribution in [-0.4, -0.2) is 22.5 Å². The van der Waals surface area contributed by atoms with Crippen molar-refractivity contribution in [2.24, 2.45) is 0 Å². The topological polar surface area (TPSA) is 38.3 Å². The normalized spacial score (nSPS) is 16.9. The summed E-state index contributed by atoms with van der Waals surface area (Å²) < 4.78 is 18.3. The Morgan fingerprint density at radius 2 is 1.87 bits per heavy atom. The summed E-state index contributed by atoms with van der Waals surface area (Å²) in [6.45, 7) is 2.38. The molecule has 2 aromatic rings. The molecule has 3 rings (SSSR count). The van der Waals surface area contributed by atoms with Gasteiger partial charge in [0.25, 0.3) is 0 Å². The summed E-state index contributed by atoms with van der Waals surface area (Å²) >= 11 is 5.96. The van der Waals surface area contributed by atoms with E-state index >= 15 is 0 Å². The van der Waals surface area contributed by atoms with Crippen molar-refractivity contribution in [2.75, 3.05) is 13.1 Å². The number of halogens is 1. The smallest absolute Gasteiger partial charge is 0.119 e. The number of hydrogen-bond acceptors (Lipinski definition) is 3. The second-order valence-electron chi connectivity index (χ2n) is 5.64. The van der Waals surface area contributed by atoms with E-state index in [0.717, 1.165) is 42.1 Å². The van der Waals surface area contributed by atoms with Gasteiger partial charge in [-0.15, -0.1) is 0 Å². The largest absolute Gasteiger partial charge is 0.489 e. The quantitative estimate of drug-likeness (QED) is 0.892. The van der Waals surface area contributed by atoms with Gasteiger partial charge in [0.15, 0.2) is 0 Å². The fraction of sp³-hybridized carbons (Fsp3) is 0.333. The third-order valence-corrected chi connectivity index (χ3v) is 5.99. The first-order chi connectivity index (χ1) is 11.2. The molecule has 1 N–H and O–H groups in total. The molecule has 0 spiro atoms. The van der Waals surface area contributed by atoms with Gasteiger partial charge in [-0.2, -0.15) is 0 Å². The maximum atomic E-state index is 12.6. The van der Waals surface area contributed by atoms with Crippen LogP contribution in [0.5, 0.6) is 5.75 Å². The molecule has 0 amide bonds. The third kappa shape index (κ3) is 4.56. The lowest BCUT2D eigenvalue weighted by molar-refractivity contribution is 0.306. The summed E-state index contributed by atoms with van der Waals surface area (Å²) in [7, 11) is -0.934. The van der Waals surface area contributed by atoms with Gasteiger partial charge in [0.05, 0.1) is 10.8 Å². The van der Waals surface area contributed by atoms with Gasteiger partial charge in [-0.25, -0.2) is 0 Å². The first-order valence-corrected chi connectivity index (χ1v) is 9.40. The standard InChI is InChI=1S/C18H20ClNO2S/c19-15-3-1-2-14(12-15)13-22-16-4-6-17(7-5-16)23(21)18-8-10-20-11-9-18/h1-7,12,18,20H,8-11,13H2. The lowest BCUT2D eigenvalue weighted by Gasteiger charge is -2.22. The predicted molar refractivity (Wildman–Crippen MR) is 94.5 cm³/mol. The van der Waals surface area contributed by atoms with E-state index in [0.29, 0.717) is 11.6 Å². The van der Waals surface area contributed by atoms with Crippen LogP contribution in [0.25, 0.3) is 0 Å².